The van der Waals surface area contributed by atoms with Crippen molar-refractivity contribution in [2.45, 2.75) is 19.9 Å². The minimum Gasteiger partial charge on any atom is -0.378 e. The smallest absolute Gasteiger partial charge is 0.261 e. The number of anilines is 1. The van der Waals surface area contributed by atoms with Gasteiger partial charge in [-0.25, -0.2) is 0 Å². The van der Waals surface area contributed by atoms with E-state index in [4.69, 9.17) is 0 Å². The normalized spacial score (nSPS) is 12.9. The van der Waals surface area contributed by atoms with Crippen LogP contribution in [-0.2, 0) is 11.3 Å². The molecule has 0 bridgehead atoms. The zero-order valence-corrected chi connectivity index (χ0v) is 15.8. The summed E-state index contributed by atoms with van der Waals surface area (Å²) in [6.45, 7) is 2.36. The van der Waals surface area contributed by atoms with Gasteiger partial charge in [0.05, 0.1) is 11.1 Å². The number of benzene rings is 2. The van der Waals surface area contributed by atoms with Gasteiger partial charge < -0.3 is 10.2 Å². The summed E-state index contributed by atoms with van der Waals surface area (Å²) in [7, 11) is 3.94. The number of nitrogens with one attached hydrogen (secondary N) is 1. The summed E-state index contributed by atoms with van der Waals surface area (Å²) in [5, 5.41) is 2.83. The molecular formula is C21H23N3O3. The average Bonchev–Trinajstić information content (AvgIpc) is 2.88. The topological polar surface area (TPSA) is 69.7 Å². The maximum Gasteiger partial charge on any atom is 0.261 e. The molecule has 2 aromatic carbocycles. The van der Waals surface area contributed by atoms with Crippen LogP contribution in [0.3, 0.4) is 0 Å². The Bertz CT molecular complexity index is 888. The molecule has 3 rings (SSSR count). The third-order valence-electron chi connectivity index (χ3n) is 4.63. The molecular weight excluding hydrogens is 342 g/mol. The highest BCUT2D eigenvalue weighted by molar-refractivity contribution is 6.21. The first-order valence-corrected chi connectivity index (χ1v) is 8.86. The standard InChI is InChI=1S/C21H23N3O3/c1-14-4-9-17-18(12-14)21(27)24(20(17)26)11-10-19(25)22-13-15-5-7-16(8-6-15)23(2)3/h4-9,12H,10-11,13H2,1-3H3,(H,22,25). The Kier molecular flexibility index (Phi) is 5.26. The van der Waals surface area contributed by atoms with Crippen LogP contribution in [0.25, 0.3) is 0 Å². The molecule has 0 radical (unpaired) electrons. The van der Waals surface area contributed by atoms with Crippen LogP contribution in [0.2, 0.25) is 0 Å². The van der Waals surface area contributed by atoms with Gasteiger partial charge in [-0.15, -0.1) is 0 Å². The molecule has 27 heavy (non-hydrogen) atoms. The zero-order chi connectivity index (χ0) is 19.6. The fourth-order valence-corrected chi connectivity index (χ4v) is 3.02. The van der Waals surface area contributed by atoms with Crippen LogP contribution in [0.4, 0.5) is 5.69 Å². The van der Waals surface area contributed by atoms with E-state index < -0.39 is 0 Å². The van der Waals surface area contributed by atoms with Gasteiger partial charge >= 0.3 is 0 Å². The largest absolute Gasteiger partial charge is 0.378 e. The number of fused-ring (bicyclic) bond motifs is 1. The molecule has 6 nitrogen and oxygen atoms in total. The van der Waals surface area contributed by atoms with Crippen molar-refractivity contribution in [2.75, 3.05) is 25.5 Å². The van der Waals surface area contributed by atoms with Crippen molar-refractivity contribution in [1.82, 2.24) is 10.2 Å². The maximum atomic E-state index is 12.4. The SMILES string of the molecule is Cc1ccc2c(c1)C(=O)N(CCC(=O)NCc1ccc(N(C)C)cc1)C2=O. The molecule has 0 aliphatic carbocycles. The van der Waals surface area contributed by atoms with Gasteiger partial charge in [-0.05, 0) is 36.8 Å². The number of rotatable bonds is 6. The monoisotopic (exact) mass is 365 g/mol. The Labute approximate surface area is 158 Å². The number of hydrogen-bond donors (Lipinski definition) is 1. The quantitative estimate of drug-likeness (QED) is 0.798. The average molecular weight is 365 g/mol. The van der Waals surface area contributed by atoms with E-state index >= 15 is 0 Å². The first kappa shape index (κ1) is 18.6. The predicted molar refractivity (Wildman–Crippen MR) is 104 cm³/mol. The lowest BCUT2D eigenvalue weighted by molar-refractivity contribution is -0.121. The van der Waals surface area contributed by atoms with Crippen LogP contribution in [0, 0.1) is 6.92 Å². The number of imide groups is 1. The van der Waals surface area contributed by atoms with Crippen molar-refractivity contribution in [1.29, 1.82) is 0 Å². The van der Waals surface area contributed by atoms with Gasteiger partial charge in [-0.3, -0.25) is 19.3 Å². The lowest BCUT2D eigenvalue weighted by Gasteiger charge is -2.14. The van der Waals surface area contributed by atoms with Gasteiger partial charge in [0, 0.05) is 39.3 Å². The van der Waals surface area contributed by atoms with Crippen LogP contribution >= 0.6 is 0 Å². The molecule has 0 fully saturated rings. The molecule has 1 heterocycles. The summed E-state index contributed by atoms with van der Waals surface area (Å²) in [6.07, 6.45) is 0.0836. The van der Waals surface area contributed by atoms with E-state index in [1.54, 1.807) is 12.1 Å². The molecule has 0 aromatic heterocycles. The molecule has 140 valence electrons. The van der Waals surface area contributed by atoms with Gasteiger partial charge in [0.2, 0.25) is 5.91 Å². The van der Waals surface area contributed by atoms with E-state index in [1.165, 1.54) is 0 Å². The minimum absolute atomic E-state index is 0.0802. The fourth-order valence-electron chi connectivity index (χ4n) is 3.02. The summed E-state index contributed by atoms with van der Waals surface area (Å²) >= 11 is 0. The number of amides is 3. The Morgan fingerprint density at radius 3 is 2.33 bits per heavy atom. The van der Waals surface area contributed by atoms with Crippen molar-refractivity contribution in [3.05, 3.63) is 64.7 Å². The van der Waals surface area contributed by atoms with E-state index in [0.717, 1.165) is 21.7 Å². The van der Waals surface area contributed by atoms with Gasteiger partial charge in [0.1, 0.15) is 0 Å². The molecule has 3 amide bonds. The second-order valence-electron chi connectivity index (χ2n) is 6.90. The maximum absolute atomic E-state index is 12.4. The summed E-state index contributed by atoms with van der Waals surface area (Å²) < 4.78 is 0. The van der Waals surface area contributed by atoms with Crippen LogP contribution in [-0.4, -0.2) is 43.3 Å². The van der Waals surface area contributed by atoms with E-state index in [-0.39, 0.29) is 30.7 Å². The molecule has 1 aliphatic heterocycles. The summed E-state index contributed by atoms with van der Waals surface area (Å²) in [4.78, 5) is 40.0. The van der Waals surface area contributed by atoms with Crippen molar-refractivity contribution in [3.8, 4) is 0 Å². The van der Waals surface area contributed by atoms with Crippen LogP contribution in [0.15, 0.2) is 42.5 Å². The number of hydrogen-bond acceptors (Lipinski definition) is 4. The second kappa shape index (κ2) is 7.61. The van der Waals surface area contributed by atoms with Crippen molar-refractivity contribution >= 4 is 23.4 Å². The first-order valence-electron chi connectivity index (χ1n) is 8.86. The van der Waals surface area contributed by atoms with Crippen molar-refractivity contribution in [2.24, 2.45) is 0 Å². The Morgan fingerprint density at radius 2 is 1.67 bits per heavy atom. The lowest BCUT2D eigenvalue weighted by Crippen LogP contribution is -2.34. The van der Waals surface area contributed by atoms with Gasteiger partial charge in [0.25, 0.3) is 11.8 Å². The molecule has 0 saturated heterocycles. The third kappa shape index (κ3) is 4.00. The molecule has 0 spiro atoms. The van der Waals surface area contributed by atoms with E-state index in [9.17, 15) is 14.4 Å². The molecule has 1 N–H and O–H groups in total. The fraction of sp³-hybridized carbons (Fsp3) is 0.286. The van der Waals surface area contributed by atoms with Crippen molar-refractivity contribution in [3.63, 3.8) is 0 Å². The summed E-state index contributed by atoms with van der Waals surface area (Å²) in [5.41, 5.74) is 3.83. The Morgan fingerprint density at radius 1 is 1.00 bits per heavy atom. The second-order valence-corrected chi connectivity index (χ2v) is 6.90. The van der Waals surface area contributed by atoms with E-state index in [1.807, 2.05) is 56.3 Å². The Balaban J connectivity index is 1.52. The molecule has 0 unspecified atom stereocenters. The minimum atomic E-state index is -0.331. The Hall–Kier alpha value is -3.15. The summed E-state index contributed by atoms with van der Waals surface area (Å²) in [5.74, 6) is -0.854. The van der Waals surface area contributed by atoms with Gasteiger partial charge in [0.15, 0.2) is 0 Å². The molecule has 0 saturated carbocycles. The van der Waals surface area contributed by atoms with Crippen LogP contribution < -0.4 is 10.2 Å². The van der Waals surface area contributed by atoms with Crippen molar-refractivity contribution < 1.29 is 14.4 Å². The van der Waals surface area contributed by atoms with E-state index in [2.05, 4.69) is 5.32 Å². The summed E-state index contributed by atoms with van der Waals surface area (Å²) in [6, 6.07) is 13.1. The first-order chi connectivity index (χ1) is 12.9. The highest BCUT2D eigenvalue weighted by Gasteiger charge is 2.35. The number of nitrogens with zero attached hydrogens (tertiary/aromatic N) is 2. The van der Waals surface area contributed by atoms with Gasteiger partial charge in [-0.1, -0.05) is 23.8 Å². The highest BCUT2D eigenvalue weighted by atomic mass is 16.2. The lowest BCUT2D eigenvalue weighted by atomic mass is 10.1. The molecule has 6 heteroatoms. The van der Waals surface area contributed by atoms with Crippen LogP contribution in [0.5, 0.6) is 0 Å². The predicted octanol–water partition coefficient (Wildman–Crippen LogP) is 2.36. The number of aryl methyl sites for hydroxylation is 1. The van der Waals surface area contributed by atoms with Gasteiger partial charge in [-0.2, -0.15) is 0 Å². The molecule has 2 aromatic rings. The highest BCUT2D eigenvalue weighted by Crippen LogP contribution is 2.23. The number of carbonyl (C=O) groups is 3. The number of carbonyl (C=O) groups excluding carboxylic acids is 3. The molecule has 1 aliphatic rings. The van der Waals surface area contributed by atoms with E-state index in [0.29, 0.717) is 17.7 Å². The zero-order valence-electron chi connectivity index (χ0n) is 15.8. The molecule has 0 atom stereocenters. The van der Waals surface area contributed by atoms with Crippen LogP contribution in [0.1, 0.15) is 38.3 Å². The third-order valence-corrected chi connectivity index (χ3v) is 4.63.